The minimum atomic E-state index is -4.55. The van der Waals surface area contributed by atoms with Crippen molar-refractivity contribution < 1.29 is 17.6 Å². The monoisotopic (exact) mass is 610 g/mol. The summed E-state index contributed by atoms with van der Waals surface area (Å²) in [5.74, 6) is 0.110. The van der Waals surface area contributed by atoms with Gasteiger partial charge < -0.3 is 21.3 Å². The van der Waals surface area contributed by atoms with Crippen LogP contribution >= 0.6 is 0 Å². The fourth-order valence-corrected chi connectivity index (χ4v) is 4.16. The molecule has 4 N–H and O–H groups in total. The number of alkyl halides is 3. The predicted octanol–water partition coefficient (Wildman–Crippen LogP) is 8.17. The van der Waals surface area contributed by atoms with Crippen molar-refractivity contribution in [1.82, 2.24) is 10.2 Å². The van der Waals surface area contributed by atoms with E-state index in [1.807, 2.05) is 69.3 Å². The molecule has 3 rings (SSSR count). The number of nitrogens with one attached hydrogen (secondary N) is 2. The van der Waals surface area contributed by atoms with E-state index in [1.54, 1.807) is 13.0 Å². The number of benzene rings is 2. The maximum absolute atomic E-state index is 13.7. The third-order valence-corrected chi connectivity index (χ3v) is 6.71. The van der Waals surface area contributed by atoms with Crippen molar-refractivity contribution in [1.29, 1.82) is 0 Å². The second kappa shape index (κ2) is 16.9. The van der Waals surface area contributed by atoms with Crippen LogP contribution in [0.15, 0.2) is 112 Å². The van der Waals surface area contributed by atoms with Crippen LogP contribution in [0.3, 0.4) is 0 Å². The van der Waals surface area contributed by atoms with E-state index < -0.39 is 17.6 Å². The van der Waals surface area contributed by atoms with Crippen LogP contribution in [0, 0.1) is 11.7 Å². The zero-order valence-electron chi connectivity index (χ0n) is 26.1. The Balaban J connectivity index is 0.00000330. The lowest BCUT2D eigenvalue weighted by molar-refractivity contribution is -0.0883. The number of rotatable bonds is 11. The van der Waals surface area contributed by atoms with Gasteiger partial charge in [-0.3, -0.25) is 0 Å². The summed E-state index contributed by atoms with van der Waals surface area (Å²) in [6, 6.07) is 13.3. The van der Waals surface area contributed by atoms with Gasteiger partial charge in [-0.25, -0.2) is 14.4 Å². The van der Waals surface area contributed by atoms with Crippen molar-refractivity contribution in [2.24, 2.45) is 21.6 Å². The molecule has 2 atom stereocenters. The second-order valence-electron chi connectivity index (χ2n) is 9.71. The van der Waals surface area contributed by atoms with Gasteiger partial charge in [0.15, 0.2) is 0 Å². The Morgan fingerprint density at radius 2 is 1.68 bits per heavy atom. The molecule has 236 valence electrons. The average molecular weight is 611 g/mol. The minimum Gasteiger partial charge on any atom is -0.387 e. The normalized spacial score (nSPS) is 17.5. The highest BCUT2D eigenvalue weighted by Gasteiger charge is 2.32. The Bertz CT molecular complexity index is 1420. The maximum atomic E-state index is 13.7. The first kappa shape index (κ1) is 35.6. The summed E-state index contributed by atoms with van der Waals surface area (Å²) in [6.45, 7) is 13.4. The molecule has 1 aliphatic heterocycles. The van der Waals surface area contributed by atoms with E-state index in [0.29, 0.717) is 23.8 Å². The van der Waals surface area contributed by atoms with Crippen LogP contribution in [-0.4, -0.2) is 36.5 Å². The van der Waals surface area contributed by atoms with E-state index in [9.17, 15) is 17.6 Å². The van der Waals surface area contributed by atoms with Crippen LogP contribution < -0.4 is 16.4 Å². The SMILES string of the molecule is C=C(NCc1ccc(/C=C/N(C)C2N=CN=C(N)C2C)cc1)/C(=C\C(=C/C)C(F)(F)F)C(=CC)Nc1ccc(F)cc1.CC. The summed E-state index contributed by atoms with van der Waals surface area (Å²) in [7, 11) is 1.92. The molecule has 0 aliphatic carbocycles. The van der Waals surface area contributed by atoms with Crippen LogP contribution in [0.1, 0.15) is 45.7 Å². The van der Waals surface area contributed by atoms with Crippen LogP contribution in [0.2, 0.25) is 0 Å². The summed E-state index contributed by atoms with van der Waals surface area (Å²) >= 11 is 0. The second-order valence-corrected chi connectivity index (χ2v) is 9.71. The third-order valence-electron chi connectivity index (χ3n) is 6.71. The number of allylic oxidation sites excluding steroid dienone is 4. The predicted molar refractivity (Wildman–Crippen MR) is 175 cm³/mol. The Labute approximate surface area is 258 Å². The maximum Gasteiger partial charge on any atom is 0.416 e. The molecule has 0 saturated carbocycles. The molecule has 6 nitrogen and oxygen atoms in total. The average Bonchev–Trinajstić information content (AvgIpc) is 3.01. The lowest BCUT2D eigenvalue weighted by atomic mass is 10.0. The molecular formula is C34H42F4N6. The number of nitrogens with zero attached hydrogens (tertiary/aromatic N) is 3. The van der Waals surface area contributed by atoms with Gasteiger partial charge in [-0.05, 0) is 61.4 Å². The molecule has 10 heteroatoms. The summed E-state index contributed by atoms with van der Waals surface area (Å²) in [5.41, 5.74) is 8.40. The van der Waals surface area contributed by atoms with Crippen molar-refractivity contribution in [3.8, 4) is 0 Å². The zero-order chi connectivity index (χ0) is 32.9. The van der Waals surface area contributed by atoms with E-state index in [4.69, 9.17) is 5.73 Å². The molecule has 2 unspecified atom stereocenters. The van der Waals surface area contributed by atoms with Gasteiger partial charge in [-0.1, -0.05) is 63.8 Å². The standard InChI is InChI=1S/C32H36F4N6.C2H6/c1-6-25(32(34,35)36)18-28(29(7-2)41-27-14-12-26(33)13-15-27)22(4)38-19-24-10-8-23(9-11-24)16-17-42(5)31-21(3)30(37)39-20-40-31;1-2/h6-18,20-21,31,38,41H,4,19H2,1-3,5H3,(H2,37,39,40);1-2H3/b17-16+,25-6+,28-18+,29-7?;. The third kappa shape index (κ3) is 10.3. The summed E-state index contributed by atoms with van der Waals surface area (Å²) in [4.78, 5) is 10.4. The molecule has 0 radical (unpaired) electrons. The Hall–Kier alpha value is -4.60. The minimum absolute atomic E-state index is 0.0147. The molecule has 0 aromatic heterocycles. The topological polar surface area (TPSA) is 78.0 Å². The van der Waals surface area contributed by atoms with Crippen LogP contribution in [0.4, 0.5) is 23.2 Å². The Kier molecular flexibility index (Phi) is 13.7. The van der Waals surface area contributed by atoms with Gasteiger partial charge in [-0.15, -0.1) is 0 Å². The molecule has 2 aromatic carbocycles. The van der Waals surface area contributed by atoms with Gasteiger partial charge in [0.25, 0.3) is 0 Å². The first-order chi connectivity index (χ1) is 20.9. The summed E-state index contributed by atoms with van der Waals surface area (Å²) < 4.78 is 54.3. The lowest BCUT2D eigenvalue weighted by Crippen LogP contribution is -2.41. The number of nitrogens with two attached hydrogens (primary N) is 1. The molecule has 1 aliphatic rings. The van der Waals surface area contributed by atoms with Crippen LogP contribution in [0.5, 0.6) is 0 Å². The van der Waals surface area contributed by atoms with E-state index in [2.05, 4.69) is 27.2 Å². The Morgan fingerprint density at radius 3 is 2.25 bits per heavy atom. The highest BCUT2D eigenvalue weighted by molar-refractivity contribution is 5.91. The fraction of sp³-hybridized carbons (Fsp3) is 0.294. The number of halogens is 4. The summed E-state index contributed by atoms with van der Waals surface area (Å²) in [6.07, 6.45) is 4.36. The first-order valence-corrected chi connectivity index (χ1v) is 14.3. The number of hydrogen-bond donors (Lipinski definition) is 3. The van der Waals surface area contributed by atoms with Crippen LogP contribution in [-0.2, 0) is 6.54 Å². The molecule has 44 heavy (non-hydrogen) atoms. The van der Waals surface area contributed by atoms with Crippen molar-refractivity contribution in [3.05, 3.63) is 119 Å². The number of hydrogen-bond acceptors (Lipinski definition) is 6. The molecule has 0 saturated heterocycles. The molecule has 2 aromatic rings. The van der Waals surface area contributed by atoms with E-state index >= 15 is 0 Å². The smallest absolute Gasteiger partial charge is 0.387 e. The van der Waals surface area contributed by atoms with E-state index in [0.717, 1.165) is 23.3 Å². The van der Waals surface area contributed by atoms with Crippen molar-refractivity contribution in [2.45, 2.75) is 53.5 Å². The molecule has 1 heterocycles. The fourth-order valence-electron chi connectivity index (χ4n) is 4.16. The number of anilines is 1. The molecule has 0 amide bonds. The Morgan fingerprint density at radius 1 is 1.05 bits per heavy atom. The van der Waals surface area contributed by atoms with Gasteiger partial charge in [0, 0.05) is 42.4 Å². The van der Waals surface area contributed by atoms with Crippen molar-refractivity contribution in [2.75, 3.05) is 12.4 Å². The highest BCUT2D eigenvalue weighted by Crippen LogP contribution is 2.31. The van der Waals surface area contributed by atoms with Crippen molar-refractivity contribution >= 4 is 23.9 Å². The molecule has 0 fully saturated rings. The van der Waals surface area contributed by atoms with Gasteiger partial charge in [0.05, 0.1) is 11.5 Å². The van der Waals surface area contributed by atoms with Gasteiger partial charge in [-0.2, -0.15) is 13.2 Å². The number of amidine groups is 1. The molecule has 0 spiro atoms. The zero-order valence-corrected chi connectivity index (χ0v) is 26.1. The molecular weight excluding hydrogens is 568 g/mol. The summed E-state index contributed by atoms with van der Waals surface area (Å²) in [5, 5.41) is 6.22. The van der Waals surface area contributed by atoms with E-state index in [1.165, 1.54) is 37.5 Å². The van der Waals surface area contributed by atoms with Crippen molar-refractivity contribution in [3.63, 3.8) is 0 Å². The van der Waals surface area contributed by atoms with Gasteiger partial charge in [0.2, 0.25) is 0 Å². The van der Waals surface area contributed by atoms with E-state index in [-0.39, 0.29) is 23.4 Å². The first-order valence-electron chi connectivity index (χ1n) is 14.3. The quantitative estimate of drug-likeness (QED) is 0.177. The van der Waals surface area contributed by atoms with Gasteiger partial charge in [0.1, 0.15) is 24.2 Å². The number of aliphatic imine (C=N–C) groups is 2. The van der Waals surface area contributed by atoms with Gasteiger partial charge >= 0.3 is 6.18 Å². The van der Waals surface area contributed by atoms with Crippen LogP contribution in [0.25, 0.3) is 6.08 Å². The molecule has 0 bridgehead atoms. The lowest BCUT2D eigenvalue weighted by Gasteiger charge is -2.29. The highest BCUT2D eigenvalue weighted by atomic mass is 19.4. The largest absolute Gasteiger partial charge is 0.416 e.